The van der Waals surface area contributed by atoms with Crippen molar-refractivity contribution in [1.82, 2.24) is 5.32 Å². The molecule has 0 atom stereocenters. The first kappa shape index (κ1) is 14.6. The zero-order valence-corrected chi connectivity index (χ0v) is 10.9. The smallest absolute Gasteiger partial charge is 0.387 e. The van der Waals surface area contributed by atoms with Crippen molar-refractivity contribution in [3.05, 3.63) is 35.4 Å². The van der Waals surface area contributed by atoms with Gasteiger partial charge in [-0.1, -0.05) is 43.7 Å². The Morgan fingerprint density at radius 2 is 2.00 bits per heavy atom. The van der Waals surface area contributed by atoms with Crippen LogP contribution in [0.4, 0.5) is 8.78 Å². The third-order valence-corrected chi connectivity index (χ3v) is 2.33. The van der Waals surface area contributed by atoms with Crippen molar-refractivity contribution in [2.45, 2.75) is 33.4 Å². The molecule has 100 valence electrons. The number of benzene rings is 1. The molecule has 0 unspecified atom stereocenters. The van der Waals surface area contributed by atoms with Gasteiger partial charge in [-0.05, 0) is 13.0 Å². The summed E-state index contributed by atoms with van der Waals surface area (Å²) in [5.41, 5.74) is 1.73. The molecule has 1 rings (SSSR count). The summed E-state index contributed by atoms with van der Waals surface area (Å²) in [4.78, 5) is 0. The van der Waals surface area contributed by atoms with Crippen LogP contribution in [0.2, 0.25) is 0 Å². The molecule has 4 heteroatoms. The van der Waals surface area contributed by atoms with E-state index in [4.69, 9.17) is 0 Å². The van der Waals surface area contributed by atoms with Crippen molar-refractivity contribution >= 4 is 6.08 Å². The Labute approximate surface area is 107 Å². The summed E-state index contributed by atoms with van der Waals surface area (Å²) >= 11 is 0. The quantitative estimate of drug-likeness (QED) is 0.837. The first-order valence-electron chi connectivity index (χ1n) is 5.93. The van der Waals surface area contributed by atoms with E-state index in [0.717, 1.165) is 12.1 Å². The molecular formula is C14H19F2NO. The maximum absolute atomic E-state index is 12.2. The second-order valence-corrected chi connectivity index (χ2v) is 4.44. The van der Waals surface area contributed by atoms with Crippen LogP contribution in [0.25, 0.3) is 6.08 Å². The van der Waals surface area contributed by atoms with Crippen LogP contribution in [0.3, 0.4) is 0 Å². The van der Waals surface area contributed by atoms with Crippen LogP contribution in [-0.2, 0) is 0 Å². The van der Waals surface area contributed by atoms with Gasteiger partial charge in [-0.3, -0.25) is 0 Å². The fraction of sp³-hybridized carbons (Fsp3) is 0.429. The van der Waals surface area contributed by atoms with E-state index in [1.807, 2.05) is 13.0 Å². The molecule has 0 aliphatic carbocycles. The molecule has 0 aromatic heterocycles. The highest BCUT2D eigenvalue weighted by molar-refractivity contribution is 5.59. The molecule has 0 saturated heterocycles. The van der Waals surface area contributed by atoms with E-state index in [1.54, 1.807) is 24.3 Å². The maximum atomic E-state index is 12.2. The van der Waals surface area contributed by atoms with Gasteiger partial charge in [0.2, 0.25) is 0 Å². The normalized spacial score (nSPS) is 12.3. The summed E-state index contributed by atoms with van der Waals surface area (Å²) in [6.45, 7) is 3.99. The highest BCUT2D eigenvalue weighted by atomic mass is 19.3. The number of halogens is 2. The minimum Gasteiger partial charge on any atom is -0.434 e. The van der Waals surface area contributed by atoms with Gasteiger partial charge in [-0.25, -0.2) is 0 Å². The SMILES string of the molecule is CC(=Cc1ccccc1OC(F)F)CNC(C)C. The molecule has 0 aliphatic rings. The number of alkyl halides is 2. The minimum atomic E-state index is -2.80. The van der Waals surface area contributed by atoms with Gasteiger partial charge < -0.3 is 10.1 Å². The van der Waals surface area contributed by atoms with Crippen molar-refractivity contribution in [1.29, 1.82) is 0 Å². The number of hydrogen-bond acceptors (Lipinski definition) is 2. The van der Waals surface area contributed by atoms with E-state index in [2.05, 4.69) is 23.9 Å². The Kier molecular flexibility index (Phi) is 5.78. The van der Waals surface area contributed by atoms with E-state index in [0.29, 0.717) is 11.6 Å². The molecule has 0 radical (unpaired) electrons. The summed E-state index contributed by atoms with van der Waals surface area (Å²) in [7, 11) is 0. The van der Waals surface area contributed by atoms with Gasteiger partial charge in [0.25, 0.3) is 0 Å². The second-order valence-electron chi connectivity index (χ2n) is 4.44. The van der Waals surface area contributed by atoms with Crippen LogP contribution >= 0.6 is 0 Å². The van der Waals surface area contributed by atoms with Gasteiger partial charge in [-0.2, -0.15) is 8.78 Å². The predicted molar refractivity (Wildman–Crippen MR) is 69.9 cm³/mol. The minimum absolute atomic E-state index is 0.205. The van der Waals surface area contributed by atoms with E-state index in [-0.39, 0.29) is 5.75 Å². The van der Waals surface area contributed by atoms with Crippen LogP contribution in [0, 0.1) is 0 Å². The fourth-order valence-electron chi connectivity index (χ4n) is 1.48. The molecule has 2 nitrogen and oxygen atoms in total. The van der Waals surface area contributed by atoms with Crippen LogP contribution < -0.4 is 10.1 Å². The molecule has 18 heavy (non-hydrogen) atoms. The van der Waals surface area contributed by atoms with Gasteiger partial charge in [-0.15, -0.1) is 0 Å². The number of ether oxygens (including phenoxy) is 1. The summed E-state index contributed by atoms with van der Waals surface area (Å²) in [5, 5.41) is 3.27. The molecule has 1 N–H and O–H groups in total. The van der Waals surface area contributed by atoms with Crippen LogP contribution in [0.5, 0.6) is 5.75 Å². The topological polar surface area (TPSA) is 21.3 Å². The lowest BCUT2D eigenvalue weighted by atomic mass is 10.1. The third-order valence-electron chi connectivity index (χ3n) is 2.33. The van der Waals surface area contributed by atoms with Crippen LogP contribution in [0.1, 0.15) is 26.3 Å². The van der Waals surface area contributed by atoms with E-state index < -0.39 is 6.61 Å². The number of hydrogen-bond donors (Lipinski definition) is 1. The molecule has 0 heterocycles. The number of rotatable bonds is 6. The van der Waals surface area contributed by atoms with Crippen molar-refractivity contribution in [3.63, 3.8) is 0 Å². The zero-order valence-electron chi connectivity index (χ0n) is 10.9. The van der Waals surface area contributed by atoms with Crippen LogP contribution in [0.15, 0.2) is 29.8 Å². The highest BCUT2D eigenvalue weighted by Crippen LogP contribution is 2.22. The van der Waals surface area contributed by atoms with E-state index in [9.17, 15) is 8.78 Å². The maximum Gasteiger partial charge on any atom is 0.387 e. The standard InChI is InChI=1S/C14H19F2NO/c1-10(2)17-9-11(3)8-12-6-4-5-7-13(12)18-14(15)16/h4-8,10,14,17H,9H2,1-3H3. The molecule has 0 aliphatic heterocycles. The van der Waals surface area contributed by atoms with Crippen molar-refractivity contribution in [3.8, 4) is 5.75 Å². The average molecular weight is 255 g/mol. The lowest BCUT2D eigenvalue weighted by molar-refractivity contribution is -0.0499. The third kappa shape index (κ3) is 5.27. The summed E-state index contributed by atoms with van der Waals surface area (Å²) < 4.78 is 28.9. The molecule has 1 aromatic carbocycles. The Balaban J connectivity index is 2.78. The lowest BCUT2D eigenvalue weighted by Crippen LogP contribution is -2.24. The molecule has 1 aromatic rings. The van der Waals surface area contributed by atoms with Crippen LogP contribution in [-0.4, -0.2) is 19.2 Å². The molecule has 0 fully saturated rings. The molecule has 0 bridgehead atoms. The zero-order chi connectivity index (χ0) is 13.5. The first-order chi connectivity index (χ1) is 8.49. The van der Waals surface area contributed by atoms with E-state index >= 15 is 0 Å². The van der Waals surface area contributed by atoms with E-state index in [1.165, 1.54) is 0 Å². The predicted octanol–water partition coefficient (Wildman–Crippen LogP) is 3.69. The lowest BCUT2D eigenvalue weighted by Gasteiger charge is -2.10. The highest BCUT2D eigenvalue weighted by Gasteiger charge is 2.07. The summed E-state index contributed by atoms with van der Waals surface area (Å²) in [6.07, 6.45) is 1.85. The van der Waals surface area contributed by atoms with Gasteiger partial charge >= 0.3 is 6.61 Å². The Morgan fingerprint density at radius 3 is 2.61 bits per heavy atom. The Bertz CT molecular complexity index is 403. The van der Waals surface area contributed by atoms with Gasteiger partial charge in [0.15, 0.2) is 0 Å². The Hall–Kier alpha value is -1.42. The van der Waals surface area contributed by atoms with Gasteiger partial charge in [0, 0.05) is 18.2 Å². The second kappa shape index (κ2) is 7.11. The van der Waals surface area contributed by atoms with Crippen molar-refractivity contribution < 1.29 is 13.5 Å². The molecule has 0 amide bonds. The van der Waals surface area contributed by atoms with Gasteiger partial charge in [0.05, 0.1) is 0 Å². The fourth-order valence-corrected chi connectivity index (χ4v) is 1.48. The van der Waals surface area contributed by atoms with Crippen molar-refractivity contribution in [2.24, 2.45) is 0 Å². The first-order valence-corrected chi connectivity index (χ1v) is 5.93. The molecular weight excluding hydrogens is 236 g/mol. The summed E-state index contributed by atoms with van der Waals surface area (Å²) in [6, 6.07) is 7.17. The van der Waals surface area contributed by atoms with Crippen molar-refractivity contribution in [2.75, 3.05) is 6.54 Å². The Morgan fingerprint density at radius 1 is 1.33 bits per heavy atom. The largest absolute Gasteiger partial charge is 0.434 e. The number of para-hydroxylation sites is 1. The molecule has 0 spiro atoms. The molecule has 0 saturated carbocycles. The average Bonchev–Trinajstić information content (AvgIpc) is 2.28. The monoisotopic (exact) mass is 255 g/mol. The number of nitrogens with one attached hydrogen (secondary N) is 1. The summed E-state index contributed by atoms with van der Waals surface area (Å²) in [5.74, 6) is 0.205. The van der Waals surface area contributed by atoms with Gasteiger partial charge in [0.1, 0.15) is 5.75 Å².